The van der Waals surface area contributed by atoms with Crippen LogP contribution < -0.4 is 9.64 Å². The minimum absolute atomic E-state index is 0.0688. The van der Waals surface area contributed by atoms with E-state index in [2.05, 4.69) is 0 Å². The van der Waals surface area contributed by atoms with Crippen LogP contribution in [0.3, 0.4) is 0 Å². The third-order valence-electron chi connectivity index (χ3n) is 5.28. The number of aliphatic hydroxyl groups is 1. The summed E-state index contributed by atoms with van der Waals surface area (Å²) < 4.78 is 32.8. The van der Waals surface area contributed by atoms with Crippen molar-refractivity contribution >= 4 is 34.7 Å². The van der Waals surface area contributed by atoms with Crippen LogP contribution in [0.1, 0.15) is 17.2 Å². The summed E-state index contributed by atoms with van der Waals surface area (Å²) >= 11 is 6.05. The molecule has 9 heteroatoms. The van der Waals surface area contributed by atoms with Gasteiger partial charge in [-0.1, -0.05) is 29.8 Å². The van der Waals surface area contributed by atoms with E-state index in [1.54, 1.807) is 18.2 Å². The van der Waals surface area contributed by atoms with E-state index in [1.165, 1.54) is 31.4 Å². The molecule has 6 nitrogen and oxygen atoms in total. The average Bonchev–Trinajstić information content (AvgIpc) is 3.07. The SMILES string of the molecule is COc1ccccc1/C(O)=C1\C(=O)C(=O)N(c2ccc(F)c(F)c2)C1c1ccc(O)c(Cl)c1. The standard InChI is InChI=1S/C24H16ClF2NO5/c1-33-19-5-3-2-4-14(19)22(30)20-21(12-6-9-18(29)15(25)10-12)28(24(32)23(20)31)13-7-8-16(26)17(27)11-13/h2-11,21,29-30H,1H3/b22-20+. The first-order valence-corrected chi connectivity index (χ1v) is 10.00. The number of rotatable bonds is 4. The molecule has 0 radical (unpaired) electrons. The molecular weight excluding hydrogens is 456 g/mol. The normalized spacial score (nSPS) is 17.5. The summed E-state index contributed by atoms with van der Waals surface area (Å²) in [5, 5.41) is 20.9. The molecule has 1 amide bonds. The molecular formula is C24H16ClF2NO5. The maximum absolute atomic E-state index is 14.0. The Balaban J connectivity index is 2.00. The van der Waals surface area contributed by atoms with Crippen LogP contribution in [0, 0.1) is 11.6 Å². The van der Waals surface area contributed by atoms with Crippen molar-refractivity contribution in [3.05, 3.63) is 94.0 Å². The Hall–Kier alpha value is -3.91. The van der Waals surface area contributed by atoms with E-state index < -0.39 is 35.1 Å². The zero-order chi connectivity index (χ0) is 23.9. The van der Waals surface area contributed by atoms with Crippen molar-refractivity contribution in [1.82, 2.24) is 0 Å². The Morgan fingerprint density at radius 3 is 2.42 bits per heavy atom. The predicted molar refractivity (Wildman–Crippen MR) is 117 cm³/mol. The van der Waals surface area contributed by atoms with Gasteiger partial charge in [-0.2, -0.15) is 0 Å². The van der Waals surface area contributed by atoms with Gasteiger partial charge in [-0.3, -0.25) is 14.5 Å². The molecule has 0 bridgehead atoms. The van der Waals surface area contributed by atoms with Crippen molar-refractivity contribution in [2.24, 2.45) is 0 Å². The first-order valence-electron chi connectivity index (χ1n) is 9.62. The highest BCUT2D eigenvalue weighted by molar-refractivity contribution is 6.51. The molecule has 1 fully saturated rings. The molecule has 168 valence electrons. The fourth-order valence-electron chi connectivity index (χ4n) is 3.73. The molecule has 0 aliphatic carbocycles. The Kier molecular flexibility index (Phi) is 5.78. The van der Waals surface area contributed by atoms with Gasteiger partial charge in [-0.05, 0) is 42.0 Å². The zero-order valence-electron chi connectivity index (χ0n) is 17.1. The molecule has 1 aliphatic rings. The van der Waals surface area contributed by atoms with E-state index in [1.807, 2.05) is 0 Å². The highest BCUT2D eigenvalue weighted by Gasteiger charge is 2.47. The van der Waals surface area contributed by atoms with E-state index >= 15 is 0 Å². The second kappa shape index (κ2) is 8.55. The third kappa shape index (κ3) is 3.78. The lowest BCUT2D eigenvalue weighted by atomic mass is 9.94. The van der Waals surface area contributed by atoms with Gasteiger partial charge in [0.15, 0.2) is 11.6 Å². The number of aliphatic hydroxyl groups excluding tert-OH is 1. The van der Waals surface area contributed by atoms with Crippen LogP contribution in [-0.2, 0) is 9.59 Å². The average molecular weight is 472 g/mol. The number of para-hydroxylation sites is 1. The first-order chi connectivity index (χ1) is 15.7. The van der Waals surface area contributed by atoms with Gasteiger partial charge in [0.25, 0.3) is 11.7 Å². The van der Waals surface area contributed by atoms with Crippen molar-refractivity contribution in [3.8, 4) is 11.5 Å². The molecule has 1 saturated heterocycles. The van der Waals surface area contributed by atoms with Crippen LogP contribution in [-0.4, -0.2) is 29.0 Å². The van der Waals surface area contributed by atoms with Crippen molar-refractivity contribution < 1.29 is 33.3 Å². The molecule has 2 N–H and O–H groups in total. The second-order valence-electron chi connectivity index (χ2n) is 7.18. The topological polar surface area (TPSA) is 87.1 Å². The number of aromatic hydroxyl groups is 1. The van der Waals surface area contributed by atoms with Crippen molar-refractivity contribution in [2.45, 2.75) is 6.04 Å². The fourth-order valence-corrected chi connectivity index (χ4v) is 3.92. The smallest absolute Gasteiger partial charge is 0.300 e. The summed E-state index contributed by atoms with van der Waals surface area (Å²) in [5.41, 5.74) is -0.0170. The van der Waals surface area contributed by atoms with Crippen molar-refractivity contribution in [2.75, 3.05) is 12.0 Å². The zero-order valence-corrected chi connectivity index (χ0v) is 17.8. The number of phenols is 1. The van der Waals surface area contributed by atoms with Crippen LogP contribution in [0.15, 0.2) is 66.2 Å². The summed E-state index contributed by atoms with van der Waals surface area (Å²) in [7, 11) is 1.38. The van der Waals surface area contributed by atoms with Gasteiger partial charge in [0.1, 0.15) is 17.3 Å². The lowest BCUT2D eigenvalue weighted by Gasteiger charge is -2.26. The number of Topliss-reactive ketones (excluding diaryl/α,β-unsaturated/α-hetero) is 1. The molecule has 1 unspecified atom stereocenters. The van der Waals surface area contributed by atoms with Crippen LogP contribution in [0.5, 0.6) is 11.5 Å². The van der Waals surface area contributed by atoms with Gasteiger partial charge < -0.3 is 14.9 Å². The van der Waals surface area contributed by atoms with Gasteiger partial charge in [0.2, 0.25) is 0 Å². The molecule has 0 aromatic heterocycles. The Morgan fingerprint density at radius 1 is 1.03 bits per heavy atom. The van der Waals surface area contributed by atoms with Crippen LogP contribution in [0.25, 0.3) is 5.76 Å². The van der Waals surface area contributed by atoms with Gasteiger partial charge in [-0.15, -0.1) is 0 Å². The first kappa shape index (κ1) is 22.3. The number of benzene rings is 3. The van der Waals surface area contributed by atoms with Crippen molar-refractivity contribution in [3.63, 3.8) is 0 Å². The van der Waals surface area contributed by atoms with E-state index in [0.29, 0.717) is 0 Å². The maximum Gasteiger partial charge on any atom is 0.300 e. The monoisotopic (exact) mass is 471 g/mol. The minimum Gasteiger partial charge on any atom is -0.507 e. The molecule has 1 heterocycles. The highest BCUT2D eigenvalue weighted by atomic mass is 35.5. The molecule has 1 aliphatic heterocycles. The Morgan fingerprint density at radius 2 is 1.76 bits per heavy atom. The molecule has 0 saturated carbocycles. The number of methoxy groups -OCH3 is 1. The third-order valence-corrected chi connectivity index (χ3v) is 5.58. The molecule has 1 atom stereocenters. The van der Waals surface area contributed by atoms with Crippen LogP contribution in [0.2, 0.25) is 5.02 Å². The fraction of sp³-hybridized carbons (Fsp3) is 0.0833. The molecule has 3 aromatic rings. The maximum atomic E-state index is 14.0. The Labute approximate surface area is 191 Å². The van der Waals surface area contributed by atoms with Crippen molar-refractivity contribution in [1.29, 1.82) is 0 Å². The van der Waals surface area contributed by atoms with Gasteiger partial charge >= 0.3 is 0 Å². The minimum atomic E-state index is -1.25. The summed E-state index contributed by atoms with van der Waals surface area (Å²) in [6, 6.07) is 11.8. The number of ether oxygens (including phenoxy) is 1. The Bertz CT molecular complexity index is 1320. The van der Waals surface area contributed by atoms with E-state index in [9.17, 15) is 28.6 Å². The predicted octanol–water partition coefficient (Wildman–Crippen LogP) is 4.96. The number of carbonyl (C=O) groups is 2. The summed E-state index contributed by atoms with van der Waals surface area (Å²) in [6.07, 6.45) is 0. The lowest BCUT2D eigenvalue weighted by Crippen LogP contribution is -2.29. The number of nitrogens with zero attached hydrogens (tertiary/aromatic N) is 1. The molecule has 33 heavy (non-hydrogen) atoms. The largest absolute Gasteiger partial charge is 0.507 e. The van der Waals surface area contributed by atoms with E-state index in [-0.39, 0.29) is 38.9 Å². The van der Waals surface area contributed by atoms with Crippen LogP contribution >= 0.6 is 11.6 Å². The quantitative estimate of drug-likeness (QED) is 0.319. The number of phenolic OH excluding ortho intramolecular Hbond substituents is 1. The summed E-state index contributed by atoms with van der Waals surface area (Å²) in [6.45, 7) is 0. The molecule has 0 spiro atoms. The number of halogens is 3. The number of ketones is 1. The van der Waals surface area contributed by atoms with E-state index in [4.69, 9.17) is 16.3 Å². The molecule has 3 aromatic carbocycles. The number of hydrogen-bond donors (Lipinski definition) is 2. The van der Waals surface area contributed by atoms with Gasteiger partial charge in [-0.25, -0.2) is 8.78 Å². The lowest BCUT2D eigenvalue weighted by molar-refractivity contribution is -0.132. The van der Waals surface area contributed by atoms with E-state index in [0.717, 1.165) is 23.1 Å². The summed E-state index contributed by atoms with van der Waals surface area (Å²) in [4.78, 5) is 27.1. The molecule has 4 rings (SSSR count). The van der Waals surface area contributed by atoms with Crippen LogP contribution in [0.4, 0.5) is 14.5 Å². The van der Waals surface area contributed by atoms with Gasteiger partial charge in [0.05, 0.1) is 29.3 Å². The second-order valence-corrected chi connectivity index (χ2v) is 7.59. The number of hydrogen-bond acceptors (Lipinski definition) is 5. The number of carbonyl (C=O) groups excluding carboxylic acids is 2. The highest BCUT2D eigenvalue weighted by Crippen LogP contribution is 2.44. The summed E-state index contributed by atoms with van der Waals surface area (Å²) in [5.74, 6) is -4.98. The number of amides is 1. The number of anilines is 1. The van der Waals surface area contributed by atoms with Gasteiger partial charge in [0, 0.05) is 11.8 Å².